The Kier molecular flexibility index (Phi) is 5.30. The number of carbonyl (C=O) groups is 1. The number of ether oxygens (including phenoxy) is 1. The molecule has 1 aliphatic rings. The summed E-state index contributed by atoms with van der Waals surface area (Å²) in [4.78, 5) is 9.84. The Bertz CT molecular complexity index is 163. The molecule has 0 saturated heterocycles. The van der Waals surface area contributed by atoms with Gasteiger partial charge in [-0.05, 0) is 38.0 Å². The van der Waals surface area contributed by atoms with Gasteiger partial charge in [0.1, 0.15) is 0 Å². The Hall–Kier alpha value is -0.790. The lowest BCUT2D eigenvalue weighted by molar-refractivity contribution is -0.128. The first-order valence-electron chi connectivity index (χ1n) is 5.13. The molecule has 1 atom stereocenters. The highest BCUT2D eigenvalue weighted by molar-refractivity contribution is 5.36. The summed E-state index contributed by atoms with van der Waals surface area (Å²) >= 11 is 0. The van der Waals surface area contributed by atoms with E-state index in [-0.39, 0.29) is 0 Å². The Morgan fingerprint density at radius 3 is 3.00 bits per heavy atom. The van der Waals surface area contributed by atoms with E-state index in [1.807, 2.05) is 0 Å². The second kappa shape index (κ2) is 6.70. The summed E-state index contributed by atoms with van der Waals surface area (Å²) in [7, 11) is 0. The monoisotopic (exact) mass is 182 g/mol. The lowest BCUT2D eigenvalue weighted by Crippen LogP contribution is -2.03. The molecule has 0 aliphatic heterocycles. The van der Waals surface area contributed by atoms with E-state index in [0.717, 1.165) is 12.3 Å². The van der Waals surface area contributed by atoms with Crippen molar-refractivity contribution in [2.45, 2.75) is 38.5 Å². The van der Waals surface area contributed by atoms with Crippen molar-refractivity contribution in [1.82, 2.24) is 0 Å². The smallest absolute Gasteiger partial charge is 0.293 e. The molecule has 0 fully saturated rings. The summed E-state index contributed by atoms with van der Waals surface area (Å²) in [5.74, 6) is 0.876. The van der Waals surface area contributed by atoms with E-state index in [2.05, 4.69) is 16.9 Å². The Morgan fingerprint density at radius 1 is 1.38 bits per heavy atom. The molecule has 1 aliphatic carbocycles. The van der Waals surface area contributed by atoms with Crippen molar-refractivity contribution in [2.75, 3.05) is 6.61 Å². The molecule has 0 bridgehead atoms. The second-order valence-corrected chi connectivity index (χ2v) is 3.61. The van der Waals surface area contributed by atoms with Crippen LogP contribution in [0.15, 0.2) is 12.2 Å². The van der Waals surface area contributed by atoms with Gasteiger partial charge in [0.2, 0.25) is 0 Å². The van der Waals surface area contributed by atoms with Crippen molar-refractivity contribution in [3.8, 4) is 0 Å². The standard InChI is InChI=1S/C11H18O2/c12-10-13-9-5-4-8-11-6-2-1-3-7-11/h1-2,10-11H,3-9H2. The molecule has 1 rings (SSSR count). The minimum atomic E-state index is 0.531. The zero-order valence-corrected chi connectivity index (χ0v) is 8.08. The maximum absolute atomic E-state index is 9.84. The highest BCUT2D eigenvalue weighted by atomic mass is 16.5. The van der Waals surface area contributed by atoms with Crippen LogP contribution in [0, 0.1) is 5.92 Å². The molecular formula is C11H18O2. The number of unbranched alkanes of at least 4 members (excludes halogenated alkanes) is 1. The summed E-state index contributed by atoms with van der Waals surface area (Å²) in [5.41, 5.74) is 0. The van der Waals surface area contributed by atoms with E-state index in [1.54, 1.807) is 0 Å². The zero-order valence-electron chi connectivity index (χ0n) is 8.08. The molecule has 0 amide bonds. The van der Waals surface area contributed by atoms with Gasteiger partial charge < -0.3 is 4.74 Å². The summed E-state index contributed by atoms with van der Waals surface area (Å²) in [5, 5.41) is 0. The third-order valence-corrected chi connectivity index (χ3v) is 2.57. The maximum Gasteiger partial charge on any atom is 0.293 e. The number of hydrogen-bond acceptors (Lipinski definition) is 2. The normalized spacial score (nSPS) is 21.4. The van der Waals surface area contributed by atoms with Gasteiger partial charge in [-0.15, -0.1) is 0 Å². The quantitative estimate of drug-likeness (QED) is 0.358. The fourth-order valence-electron chi connectivity index (χ4n) is 1.79. The van der Waals surface area contributed by atoms with Crippen molar-refractivity contribution in [3.63, 3.8) is 0 Å². The second-order valence-electron chi connectivity index (χ2n) is 3.61. The van der Waals surface area contributed by atoms with E-state index >= 15 is 0 Å². The van der Waals surface area contributed by atoms with Crippen LogP contribution in [-0.2, 0) is 9.53 Å². The average Bonchev–Trinajstić information content (AvgIpc) is 2.19. The van der Waals surface area contributed by atoms with Gasteiger partial charge in [-0.25, -0.2) is 0 Å². The first kappa shape index (κ1) is 10.3. The third kappa shape index (κ3) is 4.71. The average molecular weight is 182 g/mol. The fourth-order valence-corrected chi connectivity index (χ4v) is 1.79. The van der Waals surface area contributed by atoms with Crippen molar-refractivity contribution < 1.29 is 9.53 Å². The fraction of sp³-hybridized carbons (Fsp3) is 0.727. The summed E-state index contributed by atoms with van der Waals surface area (Å²) in [6, 6.07) is 0. The number of rotatable bonds is 6. The molecule has 0 radical (unpaired) electrons. The SMILES string of the molecule is O=COCCCCC1CC=CCC1. The molecule has 0 heterocycles. The minimum absolute atomic E-state index is 0.531. The first-order valence-corrected chi connectivity index (χ1v) is 5.13. The zero-order chi connectivity index (χ0) is 9.36. The van der Waals surface area contributed by atoms with Crippen LogP contribution in [0.5, 0.6) is 0 Å². The summed E-state index contributed by atoms with van der Waals surface area (Å²) in [6.07, 6.45) is 11.9. The van der Waals surface area contributed by atoms with Gasteiger partial charge in [-0.2, -0.15) is 0 Å². The predicted molar refractivity (Wildman–Crippen MR) is 52.3 cm³/mol. The van der Waals surface area contributed by atoms with Crippen LogP contribution in [-0.4, -0.2) is 13.1 Å². The van der Waals surface area contributed by atoms with Gasteiger partial charge in [0.05, 0.1) is 6.61 Å². The van der Waals surface area contributed by atoms with Crippen molar-refractivity contribution >= 4 is 6.47 Å². The van der Waals surface area contributed by atoms with Crippen LogP contribution in [0.4, 0.5) is 0 Å². The summed E-state index contributed by atoms with van der Waals surface area (Å²) < 4.78 is 4.63. The Labute approximate surface area is 80.0 Å². The van der Waals surface area contributed by atoms with E-state index in [9.17, 15) is 4.79 Å². The first-order chi connectivity index (χ1) is 6.43. The highest BCUT2D eigenvalue weighted by Gasteiger charge is 2.08. The Balaban J connectivity index is 1.93. The summed E-state index contributed by atoms with van der Waals surface area (Å²) in [6.45, 7) is 1.12. The molecule has 2 heteroatoms. The van der Waals surface area contributed by atoms with Gasteiger partial charge >= 0.3 is 0 Å². The van der Waals surface area contributed by atoms with Crippen molar-refractivity contribution in [2.24, 2.45) is 5.92 Å². The Morgan fingerprint density at radius 2 is 2.31 bits per heavy atom. The molecular weight excluding hydrogens is 164 g/mol. The van der Waals surface area contributed by atoms with E-state index in [4.69, 9.17) is 0 Å². The minimum Gasteiger partial charge on any atom is -0.468 e. The van der Waals surface area contributed by atoms with Gasteiger partial charge in [-0.1, -0.05) is 18.6 Å². The predicted octanol–water partition coefficient (Wildman–Crippen LogP) is 2.69. The van der Waals surface area contributed by atoms with Crippen LogP contribution in [0.1, 0.15) is 38.5 Å². The lowest BCUT2D eigenvalue weighted by Gasteiger charge is -2.16. The molecule has 0 saturated carbocycles. The molecule has 0 aromatic carbocycles. The number of allylic oxidation sites excluding steroid dienone is 2. The largest absolute Gasteiger partial charge is 0.468 e. The molecule has 74 valence electrons. The number of hydrogen-bond donors (Lipinski definition) is 0. The molecule has 0 N–H and O–H groups in total. The maximum atomic E-state index is 9.84. The van der Waals surface area contributed by atoms with Crippen LogP contribution in [0.3, 0.4) is 0 Å². The van der Waals surface area contributed by atoms with Crippen molar-refractivity contribution in [3.05, 3.63) is 12.2 Å². The van der Waals surface area contributed by atoms with Gasteiger partial charge in [-0.3, -0.25) is 4.79 Å². The third-order valence-electron chi connectivity index (χ3n) is 2.57. The van der Waals surface area contributed by atoms with Crippen LogP contribution in [0.25, 0.3) is 0 Å². The molecule has 0 aromatic rings. The van der Waals surface area contributed by atoms with Crippen molar-refractivity contribution in [1.29, 1.82) is 0 Å². The van der Waals surface area contributed by atoms with Gasteiger partial charge in [0.15, 0.2) is 0 Å². The van der Waals surface area contributed by atoms with E-state index in [1.165, 1.54) is 32.1 Å². The van der Waals surface area contributed by atoms with E-state index in [0.29, 0.717) is 13.1 Å². The van der Waals surface area contributed by atoms with Gasteiger partial charge in [0.25, 0.3) is 6.47 Å². The van der Waals surface area contributed by atoms with Crippen LogP contribution in [0.2, 0.25) is 0 Å². The van der Waals surface area contributed by atoms with Gasteiger partial charge in [0, 0.05) is 0 Å². The van der Waals surface area contributed by atoms with Crippen LogP contribution >= 0.6 is 0 Å². The molecule has 13 heavy (non-hydrogen) atoms. The van der Waals surface area contributed by atoms with Crippen LogP contribution < -0.4 is 0 Å². The lowest BCUT2D eigenvalue weighted by atomic mass is 9.90. The molecule has 0 aromatic heterocycles. The molecule has 1 unspecified atom stereocenters. The molecule has 0 spiro atoms. The number of carbonyl (C=O) groups excluding carboxylic acids is 1. The highest BCUT2D eigenvalue weighted by Crippen LogP contribution is 2.23. The molecule has 2 nitrogen and oxygen atoms in total. The van der Waals surface area contributed by atoms with E-state index < -0.39 is 0 Å². The topological polar surface area (TPSA) is 26.3 Å².